The van der Waals surface area contributed by atoms with Crippen LogP contribution >= 0.6 is 0 Å². The summed E-state index contributed by atoms with van der Waals surface area (Å²) in [6.45, 7) is 21.9. The highest BCUT2D eigenvalue weighted by Crippen LogP contribution is 2.41. The average molecular weight is 854 g/mol. The largest absolute Gasteiger partial charge is 0.464 e. The van der Waals surface area contributed by atoms with E-state index in [0.29, 0.717) is 30.9 Å². The zero-order valence-corrected chi connectivity index (χ0v) is 40.3. The topological polar surface area (TPSA) is 138 Å². The Bertz CT molecular complexity index is 1440. The minimum Gasteiger partial charge on any atom is -0.464 e. The van der Waals surface area contributed by atoms with Crippen molar-refractivity contribution in [2.75, 3.05) is 6.61 Å². The standard InChI is InChI=1S/C22H34O3.C21H33NO4.C7H14O.C2H6/c1-6-17(2)12-10-8-7-9-11-13-18(3)21(24)16-22(25)19(4)14-15-20(5)23;1-13(2)12-26-21(25)17-9-5-8-16-18(20(24)22(16)17)19(23)14(3)6-4-7-15-10-11-15;1-6-4-2-3-5-7(6)8;1-2/h7-10,12,14,18,22,25H,6,11,13,15-16H2,1-5H3;13-18H,4-12H2,1-3H3;6-8H,2-5H2,1H3;1-2H3/b9-7+,10-8+,17-12+,19-14+;;;. The van der Waals surface area contributed by atoms with Gasteiger partial charge in [0.15, 0.2) is 0 Å². The number of aliphatic hydroxyl groups is 2. The van der Waals surface area contributed by atoms with Gasteiger partial charge < -0.3 is 19.8 Å². The van der Waals surface area contributed by atoms with E-state index >= 15 is 0 Å². The third-order valence-corrected chi connectivity index (χ3v) is 12.5. The molecule has 9 nitrogen and oxygen atoms in total. The number of piperidine rings is 1. The molecule has 8 atom stereocenters. The Balaban J connectivity index is 0.000000499. The lowest BCUT2D eigenvalue weighted by Crippen LogP contribution is -2.70. The second-order valence-corrected chi connectivity index (χ2v) is 18.5. The number of hydrogen-bond donors (Lipinski definition) is 2. The van der Waals surface area contributed by atoms with Gasteiger partial charge in [0.25, 0.3) is 0 Å². The van der Waals surface area contributed by atoms with Crippen molar-refractivity contribution in [3.63, 3.8) is 0 Å². The van der Waals surface area contributed by atoms with Crippen LogP contribution in [0.2, 0.25) is 0 Å². The third kappa shape index (κ3) is 21.7. The first-order valence-corrected chi connectivity index (χ1v) is 24.0. The van der Waals surface area contributed by atoms with Crippen LogP contribution < -0.4 is 0 Å². The normalized spacial score (nSPS) is 24.2. The van der Waals surface area contributed by atoms with Gasteiger partial charge >= 0.3 is 5.97 Å². The van der Waals surface area contributed by atoms with Gasteiger partial charge in [-0.3, -0.25) is 19.2 Å². The predicted molar refractivity (Wildman–Crippen MR) is 249 cm³/mol. The van der Waals surface area contributed by atoms with E-state index in [9.17, 15) is 34.2 Å². The number of β-lactam (4-membered cyclic amide) rings is 1. The first-order valence-electron chi connectivity index (χ1n) is 24.0. The first-order chi connectivity index (χ1) is 29.0. The van der Waals surface area contributed by atoms with E-state index in [2.05, 4.69) is 32.9 Å². The van der Waals surface area contributed by atoms with Gasteiger partial charge in [-0.15, -0.1) is 0 Å². The lowest BCUT2D eigenvalue weighted by molar-refractivity contribution is -0.180. The maximum absolute atomic E-state index is 12.8. The molecule has 8 unspecified atom stereocenters. The maximum Gasteiger partial charge on any atom is 0.328 e. The number of ether oxygens (including phenoxy) is 1. The number of nitrogens with zero attached hydrogens (tertiary/aromatic N) is 1. The Hall–Kier alpha value is -3.17. The Kier molecular flexibility index (Phi) is 28.2. The summed E-state index contributed by atoms with van der Waals surface area (Å²) in [5.41, 5.74) is 2.03. The highest BCUT2D eigenvalue weighted by molar-refractivity contribution is 6.08. The Morgan fingerprint density at radius 2 is 1.54 bits per heavy atom. The van der Waals surface area contributed by atoms with Crippen LogP contribution in [0.15, 0.2) is 47.6 Å². The Labute approximate surface area is 371 Å². The predicted octanol–water partition coefficient (Wildman–Crippen LogP) is 11.1. The summed E-state index contributed by atoms with van der Waals surface area (Å²) in [5, 5.41) is 19.2. The molecule has 0 bridgehead atoms. The molecule has 4 rings (SSSR count). The summed E-state index contributed by atoms with van der Waals surface area (Å²) in [6.07, 6.45) is 27.2. The molecule has 2 saturated carbocycles. The fourth-order valence-electron chi connectivity index (χ4n) is 7.75. The van der Waals surface area contributed by atoms with E-state index in [1.165, 1.54) is 51.0 Å². The summed E-state index contributed by atoms with van der Waals surface area (Å²) in [4.78, 5) is 62.6. The molecule has 2 N–H and O–H groups in total. The summed E-state index contributed by atoms with van der Waals surface area (Å²) in [5.74, 6) is 0.800. The van der Waals surface area contributed by atoms with Crippen molar-refractivity contribution in [1.82, 2.24) is 4.90 Å². The van der Waals surface area contributed by atoms with Crippen LogP contribution in [0.1, 0.15) is 185 Å². The zero-order chi connectivity index (χ0) is 46.1. The van der Waals surface area contributed by atoms with E-state index in [4.69, 9.17) is 4.74 Å². The number of carbonyl (C=O) groups is 5. The molecule has 4 aliphatic rings. The molecule has 4 fully saturated rings. The van der Waals surface area contributed by atoms with E-state index in [1.54, 1.807) is 17.9 Å². The van der Waals surface area contributed by atoms with Crippen LogP contribution in [0.3, 0.4) is 0 Å². The number of fused-ring (bicyclic) bond motifs is 1. The number of Topliss-reactive ketones (excluding diaryl/α,β-unsaturated/α-hetero) is 3. The van der Waals surface area contributed by atoms with Gasteiger partial charge in [-0.25, -0.2) is 4.79 Å². The summed E-state index contributed by atoms with van der Waals surface area (Å²) >= 11 is 0. The van der Waals surface area contributed by atoms with Crippen LogP contribution in [0.4, 0.5) is 0 Å². The van der Waals surface area contributed by atoms with Crippen molar-refractivity contribution < 1.29 is 38.9 Å². The molecule has 2 saturated heterocycles. The van der Waals surface area contributed by atoms with Gasteiger partial charge in [0.1, 0.15) is 29.3 Å². The number of aliphatic hydroxyl groups excluding tert-OH is 2. The van der Waals surface area contributed by atoms with E-state index < -0.39 is 18.1 Å². The molecule has 2 heterocycles. The Morgan fingerprint density at radius 1 is 0.869 bits per heavy atom. The fraction of sp³-hybridized carbons (Fsp3) is 0.750. The quantitative estimate of drug-likeness (QED) is 0.0383. The van der Waals surface area contributed by atoms with Gasteiger partial charge in [-0.1, -0.05) is 136 Å². The second-order valence-electron chi connectivity index (χ2n) is 18.5. The number of hydrogen-bond acceptors (Lipinski definition) is 8. The molecule has 2 aliphatic heterocycles. The van der Waals surface area contributed by atoms with Crippen molar-refractivity contribution in [3.05, 3.63) is 47.6 Å². The van der Waals surface area contributed by atoms with Gasteiger partial charge in [-0.2, -0.15) is 0 Å². The molecule has 9 heteroatoms. The fourth-order valence-corrected chi connectivity index (χ4v) is 7.75. The summed E-state index contributed by atoms with van der Waals surface area (Å²) < 4.78 is 5.35. The van der Waals surface area contributed by atoms with Gasteiger partial charge in [0.2, 0.25) is 5.91 Å². The van der Waals surface area contributed by atoms with Crippen molar-refractivity contribution in [2.24, 2.45) is 35.5 Å². The van der Waals surface area contributed by atoms with Crippen LogP contribution in [-0.4, -0.2) is 75.2 Å². The third-order valence-electron chi connectivity index (χ3n) is 12.5. The summed E-state index contributed by atoms with van der Waals surface area (Å²) in [6, 6.07) is -0.583. The molecule has 0 spiro atoms. The monoisotopic (exact) mass is 854 g/mol. The Morgan fingerprint density at radius 3 is 2.11 bits per heavy atom. The highest BCUT2D eigenvalue weighted by atomic mass is 16.5. The number of amides is 1. The van der Waals surface area contributed by atoms with Crippen LogP contribution in [-0.2, 0) is 28.7 Å². The molecule has 0 aromatic heterocycles. The molecule has 0 aromatic carbocycles. The van der Waals surface area contributed by atoms with Gasteiger partial charge in [-0.05, 0) is 102 Å². The molecule has 2 aliphatic carbocycles. The molecule has 348 valence electrons. The number of carbonyl (C=O) groups excluding carboxylic acids is 5. The van der Waals surface area contributed by atoms with E-state index in [-0.39, 0.29) is 65.5 Å². The maximum atomic E-state index is 12.8. The van der Waals surface area contributed by atoms with Crippen LogP contribution in [0.5, 0.6) is 0 Å². The minimum absolute atomic E-state index is 0.00347. The number of allylic oxidation sites excluding steroid dienone is 7. The van der Waals surface area contributed by atoms with Crippen molar-refractivity contribution in [2.45, 2.75) is 210 Å². The lowest BCUT2D eigenvalue weighted by atomic mass is 9.73. The van der Waals surface area contributed by atoms with Crippen molar-refractivity contribution in [3.8, 4) is 0 Å². The average Bonchev–Trinajstić information content (AvgIpc) is 4.07. The second kappa shape index (κ2) is 30.8. The van der Waals surface area contributed by atoms with Gasteiger partial charge in [0.05, 0.1) is 24.9 Å². The smallest absolute Gasteiger partial charge is 0.328 e. The molecular formula is C52H87NO8. The van der Waals surface area contributed by atoms with Crippen molar-refractivity contribution >= 4 is 29.2 Å². The first kappa shape index (κ1) is 55.8. The van der Waals surface area contributed by atoms with E-state index in [1.807, 2.05) is 59.8 Å². The molecule has 1 amide bonds. The summed E-state index contributed by atoms with van der Waals surface area (Å²) in [7, 11) is 0. The molecule has 0 aromatic rings. The van der Waals surface area contributed by atoms with E-state index in [0.717, 1.165) is 57.3 Å². The highest BCUT2D eigenvalue weighted by Gasteiger charge is 2.57. The van der Waals surface area contributed by atoms with Crippen molar-refractivity contribution in [1.29, 1.82) is 0 Å². The van der Waals surface area contributed by atoms with Crippen LogP contribution in [0, 0.1) is 35.5 Å². The lowest BCUT2D eigenvalue weighted by Gasteiger charge is -2.52. The molecule has 61 heavy (non-hydrogen) atoms. The number of esters is 1. The SMILES string of the molecule is CC.CC(C)COC(=O)C1CCCC2C(C(=O)C(C)CCCC3CC3)C(=O)N12.CC/C(C)=C/C=C/C=C/CCC(C)C(=O)CC(O)/C(C)=C/CC(C)=O.CC1CCCCC1O. The minimum atomic E-state index is -0.790. The zero-order valence-electron chi connectivity index (χ0n) is 40.3. The van der Waals surface area contributed by atoms with Gasteiger partial charge in [0, 0.05) is 24.7 Å². The number of ketones is 3. The number of rotatable bonds is 21. The molecular weight excluding hydrogens is 767 g/mol. The van der Waals surface area contributed by atoms with Crippen LogP contribution in [0.25, 0.3) is 0 Å². The molecule has 0 radical (unpaired) electrons.